The fraction of sp³-hybridized carbons (Fsp3) is 0.562. The molecule has 0 aliphatic carbocycles. The van der Waals surface area contributed by atoms with Gasteiger partial charge in [0.15, 0.2) is 0 Å². The number of amides is 1. The number of nitro groups is 1. The number of hydrogen-bond acceptors (Lipinski definition) is 4. The zero-order valence-corrected chi connectivity index (χ0v) is 14.5. The Balaban J connectivity index is 0.00000484. The van der Waals surface area contributed by atoms with Crippen LogP contribution in [0.4, 0.5) is 5.69 Å². The Labute approximate surface area is 143 Å². The number of nitro benzene ring substituents is 1. The summed E-state index contributed by atoms with van der Waals surface area (Å²) in [5.41, 5.74) is 6.97. The minimum Gasteiger partial charge on any atom is -0.355 e. The molecule has 0 saturated heterocycles. The largest absolute Gasteiger partial charge is 0.355 e. The van der Waals surface area contributed by atoms with E-state index in [1.165, 1.54) is 12.1 Å². The van der Waals surface area contributed by atoms with Gasteiger partial charge in [0.1, 0.15) is 0 Å². The predicted octanol–water partition coefficient (Wildman–Crippen LogP) is 2.83. The van der Waals surface area contributed by atoms with Crippen LogP contribution in [-0.4, -0.2) is 23.4 Å². The third-order valence-corrected chi connectivity index (χ3v) is 3.40. The minimum atomic E-state index is -0.435. The summed E-state index contributed by atoms with van der Waals surface area (Å²) in [5, 5.41) is 13.4. The zero-order chi connectivity index (χ0) is 16.5. The Hall–Kier alpha value is -1.66. The van der Waals surface area contributed by atoms with Gasteiger partial charge in [-0.3, -0.25) is 14.9 Å². The molecular formula is C16H26ClN3O3. The summed E-state index contributed by atoms with van der Waals surface area (Å²) in [6.07, 6.45) is 3.30. The van der Waals surface area contributed by atoms with Crippen LogP contribution in [0.1, 0.15) is 38.7 Å². The molecule has 0 aliphatic rings. The first-order chi connectivity index (χ1) is 10.4. The Morgan fingerprint density at radius 1 is 1.26 bits per heavy atom. The second-order valence-electron chi connectivity index (χ2n) is 5.91. The average molecular weight is 344 g/mol. The first-order valence-electron chi connectivity index (χ1n) is 7.66. The number of unbranched alkanes of at least 4 members (excludes halogenated alkanes) is 1. The molecule has 6 nitrogen and oxygen atoms in total. The molecule has 23 heavy (non-hydrogen) atoms. The number of carbonyl (C=O) groups excluding carboxylic acids is 1. The second-order valence-corrected chi connectivity index (χ2v) is 5.91. The maximum absolute atomic E-state index is 11.7. The highest BCUT2D eigenvalue weighted by Gasteiger charge is 2.13. The maximum Gasteiger partial charge on any atom is 0.269 e. The molecule has 0 saturated carbocycles. The first-order valence-corrected chi connectivity index (χ1v) is 7.66. The van der Waals surface area contributed by atoms with Crippen LogP contribution in [0.3, 0.4) is 0 Å². The van der Waals surface area contributed by atoms with E-state index in [-0.39, 0.29) is 24.0 Å². The lowest BCUT2D eigenvalue weighted by Gasteiger charge is -2.14. The first kappa shape index (κ1) is 21.3. The van der Waals surface area contributed by atoms with E-state index in [1.54, 1.807) is 12.1 Å². The van der Waals surface area contributed by atoms with Crippen molar-refractivity contribution in [3.63, 3.8) is 0 Å². The van der Waals surface area contributed by atoms with Crippen LogP contribution in [0.25, 0.3) is 0 Å². The van der Waals surface area contributed by atoms with E-state index in [4.69, 9.17) is 5.73 Å². The van der Waals surface area contributed by atoms with Gasteiger partial charge in [0.25, 0.3) is 5.69 Å². The van der Waals surface area contributed by atoms with Crippen molar-refractivity contribution in [3.8, 4) is 0 Å². The highest BCUT2D eigenvalue weighted by atomic mass is 35.5. The maximum atomic E-state index is 11.7. The van der Waals surface area contributed by atoms with Crippen LogP contribution < -0.4 is 11.1 Å². The normalized spacial score (nSPS) is 11.7. The van der Waals surface area contributed by atoms with Crippen LogP contribution >= 0.6 is 12.4 Å². The van der Waals surface area contributed by atoms with Crippen LogP contribution in [0.5, 0.6) is 0 Å². The van der Waals surface area contributed by atoms with Crippen LogP contribution in [0.2, 0.25) is 0 Å². The van der Waals surface area contributed by atoms with Gasteiger partial charge in [-0.25, -0.2) is 0 Å². The van der Waals surface area contributed by atoms with Crippen LogP contribution in [0.15, 0.2) is 24.3 Å². The molecule has 130 valence electrons. The summed E-state index contributed by atoms with van der Waals surface area (Å²) in [5.74, 6) is 0.312. The lowest BCUT2D eigenvalue weighted by atomic mass is 10.0. The second kappa shape index (κ2) is 11.0. The molecule has 0 unspecified atom stereocenters. The lowest BCUT2D eigenvalue weighted by Crippen LogP contribution is -2.41. The number of non-ortho nitro benzene ring substituents is 1. The van der Waals surface area contributed by atoms with Crippen molar-refractivity contribution in [1.82, 2.24) is 5.32 Å². The fourth-order valence-electron chi connectivity index (χ4n) is 2.20. The highest BCUT2D eigenvalue weighted by Crippen LogP contribution is 2.13. The summed E-state index contributed by atoms with van der Waals surface area (Å²) >= 11 is 0. The SMILES string of the molecule is CC(C)C[C@H](N)C(=O)NCCCCc1ccc([N+](=O)[O-])cc1.Cl. The van der Waals surface area contributed by atoms with E-state index in [0.717, 1.165) is 24.8 Å². The van der Waals surface area contributed by atoms with Gasteiger partial charge < -0.3 is 11.1 Å². The van der Waals surface area contributed by atoms with E-state index < -0.39 is 11.0 Å². The van der Waals surface area contributed by atoms with Gasteiger partial charge in [0, 0.05) is 18.7 Å². The van der Waals surface area contributed by atoms with Crippen molar-refractivity contribution in [3.05, 3.63) is 39.9 Å². The van der Waals surface area contributed by atoms with E-state index in [2.05, 4.69) is 5.32 Å². The van der Waals surface area contributed by atoms with Gasteiger partial charge in [-0.2, -0.15) is 0 Å². The fourth-order valence-corrected chi connectivity index (χ4v) is 2.20. The topological polar surface area (TPSA) is 98.3 Å². The van der Waals surface area contributed by atoms with Crippen molar-refractivity contribution in [2.45, 2.75) is 45.6 Å². The van der Waals surface area contributed by atoms with Gasteiger partial charge in [0.2, 0.25) is 5.91 Å². The van der Waals surface area contributed by atoms with Gasteiger partial charge >= 0.3 is 0 Å². The van der Waals surface area contributed by atoms with E-state index in [9.17, 15) is 14.9 Å². The summed E-state index contributed by atoms with van der Waals surface area (Å²) in [6, 6.07) is 6.14. The molecule has 0 aliphatic heterocycles. The monoisotopic (exact) mass is 343 g/mol. The van der Waals surface area contributed by atoms with Crippen molar-refractivity contribution >= 4 is 24.0 Å². The van der Waals surface area contributed by atoms with Crippen molar-refractivity contribution in [2.24, 2.45) is 11.7 Å². The number of aryl methyl sites for hydroxylation is 1. The van der Waals surface area contributed by atoms with Crippen molar-refractivity contribution < 1.29 is 9.72 Å². The molecule has 0 aromatic heterocycles. The molecule has 3 N–H and O–H groups in total. The number of carbonyl (C=O) groups is 1. The molecule has 1 aromatic rings. The average Bonchev–Trinajstić information content (AvgIpc) is 2.46. The molecular weight excluding hydrogens is 318 g/mol. The predicted molar refractivity (Wildman–Crippen MR) is 93.7 cm³/mol. The van der Waals surface area contributed by atoms with Crippen molar-refractivity contribution in [2.75, 3.05) is 6.54 Å². The van der Waals surface area contributed by atoms with Gasteiger partial charge in [-0.15, -0.1) is 12.4 Å². The number of rotatable bonds is 9. The molecule has 0 bridgehead atoms. The molecule has 7 heteroatoms. The number of halogens is 1. The van der Waals surface area contributed by atoms with Gasteiger partial charge in [0.05, 0.1) is 11.0 Å². The summed E-state index contributed by atoms with van der Waals surface area (Å²) in [4.78, 5) is 21.9. The number of nitrogens with zero attached hydrogens (tertiary/aromatic N) is 1. The number of nitrogens with two attached hydrogens (primary N) is 1. The standard InChI is InChI=1S/C16H25N3O3.ClH/c1-12(2)11-15(17)16(20)18-10-4-3-5-13-6-8-14(9-7-13)19(21)22;/h6-9,12,15H,3-5,10-11,17H2,1-2H3,(H,18,20);1H/t15-;/m0./s1. The van der Waals surface area contributed by atoms with Gasteiger partial charge in [-0.1, -0.05) is 26.0 Å². The lowest BCUT2D eigenvalue weighted by molar-refractivity contribution is -0.384. The van der Waals surface area contributed by atoms with E-state index >= 15 is 0 Å². The number of benzene rings is 1. The quantitative estimate of drug-likeness (QED) is 0.409. The molecule has 0 radical (unpaired) electrons. The smallest absolute Gasteiger partial charge is 0.269 e. The minimum absolute atomic E-state index is 0. The Morgan fingerprint density at radius 3 is 2.39 bits per heavy atom. The summed E-state index contributed by atoms with van der Waals surface area (Å²) < 4.78 is 0. The molecule has 1 amide bonds. The summed E-state index contributed by atoms with van der Waals surface area (Å²) in [6.45, 7) is 4.69. The molecule has 0 spiro atoms. The highest BCUT2D eigenvalue weighted by molar-refractivity contribution is 5.85. The van der Waals surface area contributed by atoms with Gasteiger partial charge in [-0.05, 0) is 37.2 Å². The Morgan fingerprint density at radius 2 is 1.87 bits per heavy atom. The third kappa shape index (κ3) is 8.52. The molecule has 1 aromatic carbocycles. The zero-order valence-electron chi connectivity index (χ0n) is 13.7. The Bertz CT molecular complexity index is 492. The molecule has 1 rings (SSSR count). The van der Waals surface area contributed by atoms with Crippen LogP contribution in [-0.2, 0) is 11.2 Å². The van der Waals surface area contributed by atoms with E-state index in [0.29, 0.717) is 18.9 Å². The van der Waals surface area contributed by atoms with Crippen molar-refractivity contribution in [1.29, 1.82) is 0 Å². The van der Waals surface area contributed by atoms with E-state index in [1.807, 2.05) is 13.8 Å². The molecule has 1 atom stereocenters. The van der Waals surface area contributed by atoms with Crippen LogP contribution in [0, 0.1) is 16.0 Å². The number of nitrogens with one attached hydrogen (secondary N) is 1. The molecule has 0 fully saturated rings. The summed E-state index contributed by atoms with van der Waals surface area (Å²) in [7, 11) is 0. The number of hydrogen-bond donors (Lipinski definition) is 2. The Kier molecular flexibility index (Phi) is 10.2. The third-order valence-electron chi connectivity index (χ3n) is 3.40. The molecule has 0 heterocycles.